The molecule has 0 radical (unpaired) electrons. The number of hydrogen-bond donors (Lipinski definition) is 1. The molecule has 1 N–H and O–H groups in total. The molecule has 0 spiro atoms. The molecule has 3 heterocycles. The Bertz CT molecular complexity index is 703. The molecule has 1 aliphatic heterocycles. The van der Waals surface area contributed by atoms with Crippen LogP contribution < -0.4 is 5.32 Å². The van der Waals surface area contributed by atoms with Gasteiger partial charge in [-0.25, -0.2) is 9.97 Å². The summed E-state index contributed by atoms with van der Waals surface area (Å²) in [5.74, 6) is 1.16. The molecule has 0 bridgehead atoms. The fourth-order valence-electron chi connectivity index (χ4n) is 2.20. The Balaban J connectivity index is 1.97. The van der Waals surface area contributed by atoms with Crippen molar-refractivity contribution in [1.29, 1.82) is 0 Å². The Morgan fingerprint density at radius 1 is 1.40 bits per heavy atom. The van der Waals surface area contributed by atoms with Crippen molar-refractivity contribution in [2.24, 2.45) is 0 Å². The first-order valence-electron chi connectivity index (χ1n) is 6.63. The van der Waals surface area contributed by atoms with Crippen LogP contribution in [0.15, 0.2) is 18.3 Å². The standard InChI is InChI=1S/C15H15N3OS/c1-3-4-10-5-6-11(20-10)7-12-13-8-16-9(2)17-14(13)18-15(12)19/h5-8H,3-4H2,1-2H3,(H,16,17,18,19). The van der Waals surface area contributed by atoms with Gasteiger partial charge in [0.25, 0.3) is 5.91 Å². The smallest absolute Gasteiger partial charge is 0.257 e. The number of aryl methyl sites for hydroxylation is 2. The van der Waals surface area contributed by atoms with Crippen molar-refractivity contribution in [3.63, 3.8) is 0 Å². The third-order valence-electron chi connectivity index (χ3n) is 3.14. The molecular weight excluding hydrogens is 270 g/mol. The first-order valence-corrected chi connectivity index (χ1v) is 7.45. The van der Waals surface area contributed by atoms with E-state index in [0.29, 0.717) is 17.2 Å². The van der Waals surface area contributed by atoms with Crippen molar-refractivity contribution in [2.45, 2.75) is 26.7 Å². The molecule has 1 amide bonds. The molecule has 0 aliphatic carbocycles. The zero-order valence-corrected chi connectivity index (χ0v) is 12.3. The van der Waals surface area contributed by atoms with Crippen LogP contribution in [0.1, 0.15) is 34.5 Å². The number of carbonyl (C=O) groups excluding carboxylic acids is 1. The highest BCUT2D eigenvalue weighted by Gasteiger charge is 2.26. The lowest BCUT2D eigenvalue weighted by Gasteiger charge is -1.97. The van der Waals surface area contributed by atoms with Crippen LogP contribution in [0.2, 0.25) is 0 Å². The highest BCUT2D eigenvalue weighted by molar-refractivity contribution is 7.13. The van der Waals surface area contributed by atoms with Gasteiger partial charge in [-0.1, -0.05) is 13.3 Å². The van der Waals surface area contributed by atoms with Gasteiger partial charge in [-0.3, -0.25) is 4.79 Å². The zero-order valence-electron chi connectivity index (χ0n) is 11.4. The number of nitrogens with one attached hydrogen (secondary N) is 1. The average molecular weight is 285 g/mol. The predicted octanol–water partition coefficient (Wildman–Crippen LogP) is 3.29. The summed E-state index contributed by atoms with van der Waals surface area (Å²) >= 11 is 1.73. The maximum atomic E-state index is 12.0. The number of anilines is 1. The van der Waals surface area contributed by atoms with E-state index in [2.05, 4.69) is 34.3 Å². The Morgan fingerprint density at radius 2 is 2.25 bits per heavy atom. The lowest BCUT2D eigenvalue weighted by molar-refractivity contribution is -0.110. The van der Waals surface area contributed by atoms with Crippen molar-refractivity contribution in [1.82, 2.24) is 9.97 Å². The van der Waals surface area contributed by atoms with Crippen LogP contribution in [-0.2, 0) is 11.2 Å². The Kier molecular flexibility index (Phi) is 3.36. The third-order valence-corrected chi connectivity index (χ3v) is 4.23. The SMILES string of the molecule is CCCc1ccc(C=C2C(=O)Nc3nc(C)ncc32)s1. The van der Waals surface area contributed by atoms with E-state index in [1.54, 1.807) is 17.5 Å². The minimum Gasteiger partial charge on any atom is -0.306 e. The van der Waals surface area contributed by atoms with Gasteiger partial charge in [-0.05, 0) is 31.6 Å². The van der Waals surface area contributed by atoms with Gasteiger partial charge in [-0.15, -0.1) is 11.3 Å². The van der Waals surface area contributed by atoms with Crippen LogP contribution in [-0.4, -0.2) is 15.9 Å². The van der Waals surface area contributed by atoms with E-state index in [1.165, 1.54) is 4.88 Å². The van der Waals surface area contributed by atoms with Crippen LogP contribution in [0.25, 0.3) is 11.6 Å². The summed E-state index contributed by atoms with van der Waals surface area (Å²) in [6.45, 7) is 3.97. The summed E-state index contributed by atoms with van der Waals surface area (Å²) in [7, 11) is 0. The van der Waals surface area contributed by atoms with Crippen LogP contribution in [0.3, 0.4) is 0 Å². The normalized spacial score (nSPS) is 15.5. The number of thiophene rings is 1. The number of aromatic nitrogens is 2. The summed E-state index contributed by atoms with van der Waals surface area (Å²) in [5.41, 5.74) is 1.43. The zero-order chi connectivity index (χ0) is 14.1. The molecule has 0 saturated carbocycles. The molecule has 1 aliphatic rings. The van der Waals surface area contributed by atoms with Crippen LogP contribution in [0, 0.1) is 6.92 Å². The second kappa shape index (κ2) is 5.17. The molecule has 0 unspecified atom stereocenters. The summed E-state index contributed by atoms with van der Waals surface area (Å²) < 4.78 is 0. The number of hydrogen-bond acceptors (Lipinski definition) is 4. The van der Waals surface area contributed by atoms with E-state index < -0.39 is 0 Å². The molecule has 0 fully saturated rings. The van der Waals surface area contributed by atoms with E-state index in [4.69, 9.17) is 0 Å². The largest absolute Gasteiger partial charge is 0.306 e. The van der Waals surface area contributed by atoms with E-state index in [1.807, 2.05) is 13.0 Å². The Labute approximate surface area is 121 Å². The van der Waals surface area contributed by atoms with Crippen LogP contribution >= 0.6 is 11.3 Å². The lowest BCUT2D eigenvalue weighted by Crippen LogP contribution is -2.04. The van der Waals surface area contributed by atoms with Crippen molar-refractivity contribution in [3.05, 3.63) is 39.5 Å². The van der Waals surface area contributed by atoms with Crippen LogP contribution in [0.4, 0.5) is 5.82 Å². The number of amides is 1. The third kappa shape index (κ3) is 2.36. The van der Waals surface area contributed by atoms with Crippen molar-refractivity contribution < 1.29 is 4.79 Å². The van der Waals surface area contributed by atoms with E-state index in [-0.39, 0.29) is 5.91 Å². The molecule has 0 saturated heterocycles. The van der Waals surface area contributed by atoms with Gasteiger partial charge in [0.1, 0.15) is 11.6 Å². The maximum absolute atomic E-state index is 12.0. The number of fused-ring (bicyclic) bond motifs is 1. The molecule has 2 aromatic heterocycles. The molecule has 5 heteroatoms. The predicted molar refractivity (Wildman–Crippen MR) is 81.6 cm³/mol. The van der Waals surface area contributed by atoms with Gasteiger partial charge in [-0.2, -0.15) is 0 Å². The second-order valence-electron chi connectivity index (χ2n) is 4.75. The number of carbonyl (C=O) groups is 1. The summed E-state index contributed by atoms with van der Waals surface area (Å²) in [6, 6.07) is 4.18. The number of nitrogens with zero attached hydrogens (tertiary/aromatic N) is 2. The maximum Gasteiger partial charge on any atom is 0.257 e. The first-order chi connectivity index (χ1) is 9.67. The molecule has 0 aromatic carbocycles. The van der Waals surface area contributed by atoms with E-state index >= 15 is 0 Å². The molecule has 102 valence electrons. The molecule has 20 heavy (non-hydrogen) atoms. The Hall–Kier alpha value is -2.01. The van der Waals surface area contributed by atoms with Gasteiger partial charge < -0.3 is 5.32 Å². The minimum atomic E-state index is -0.106. The minimum absolute atomic E-state index is 0.106. The van der Waals surface area contributed by atoms with Gasteiger partial charge in [0.05, 0.1) is 5.57 Å². The van der Waals surface area contributed by atoms with Crippen molar-refractivity contribution in [2.75, 3.05) is 5.32 Å². The number of rotatable bonds is 3. The van der Waals surface area contributed by atoms with Gasteiger partial charge in [0, 0.05) is 21.5 Å². The van der Waals surface area contributed by atoms with Crippen molar-refractivity contribution in [3.8, 4) is 0 Å². The highest BCUT2D eigenvalue weighted by Crippen LogP contribution is 2.32. The average Bonchev–Trinajstić information content (AvgIpc) is 2.96. The summed E-state index contributed by atoms with van der Waals surface area (Å²) in [6.07, 6.45) is 5.84. The quantitative estimate of drug-likeness (QED) is 0.880. The molecule has 2 aromatic rings. The summed E-state index contributed by atoms with van der Waals surface area (Å²) in [5, 5.41) is 2.79. The monoisotopic (exact) mass is 285 g/mol. The van der Waals surface area contributed by atoms with Gasteiger partial charge in [0.15, 0.2) is 0 Å². The Morgan fingerprint density at radius 3 is 3.05 bits per heavy atom. The highest BCUT2D eigenvalue weighted by atomic mass is 32.1. The first kappa shape index (κ1) is 13.0. The van der Waals surface area contributed by atoms with Crippen LogP contribution in [0.5, 0.6) is 0 Å². The molecule has 3 rings (SSSR count). The molecule has 4 nitrogen and oxygen atoms in total. The van der Waals surface area contributed by atoms with E-state index in [9.17, 15) is 4.79 Å². The van der Waals surface area contributed by atoms with E-state index in [0.717, 1.165) is 23.3 Å². The fraction of sp³-hybridized carbons (Fsp3) is 0.267. The van der Waals surface area contributed by atoms with Gasteiger partial charge >= 0.3 is 0 Å². The fourth-order valence-corrected chi connectivity index (χ4v) is 3.26. The lowest BCUT2D eigenvalue weighted by atomic mass is 10.1. The van der Waals surface area contributed by atoms with Crippen molar-refractivity contribution >= 4 is 34.7 Å². The van der Waals surface area contributed by atoms with Gasteiger partial charge in [0.2, 0.25) is 0 Å². The summed E-state index contributed by atoms with van der Waals surface area (Å²) in [4.78, 5) is 22.9. The molecular formula is C15H15N3OS. The topological polar surface area (TPSA) is 54.9 Å². The second-order valence-corrected chi connectivity index (χ2v) is 5.95. The molecule has 0 atom stereocenters.